The van der Waals surface area contributed by atoms with Gasteiger partial charge in [0.1, 0.15) is 5.75 Å². The minimum Gasteiger partial charge on any atom is -0.497 e. The van der Waals surface area contributed by atoms with Crippen molar-refractivity contribution < 1.29 is 14.3 Å². The van der Waals surface area contributed by atoms with Crippen LogP contribution in [0.3, 0.4) is 0 Å². The Labute approximate surface area is 255 Å². The van der Waals surface area contributed by atoms with Gasteiger partial charge < -0.3 is 26.0 Å². The van der Waals surface area contributed by atoms with E-state index in [4.69, 9.17) is 9.37 Å². The maximum atomic E-state index is 11.2. The first-order valence-corrected chi connectivity index (χ1v) is 15.3. The second-order valence-electron chi connectivity index (χ2n) is 11.1. The molecule has 4 aromatic rings. The molecule has 14 heteroatoms. The highest BCUT2D eigenvalue weighted by Gasteiger charge is 2.22. The maximum Gasteiger partial charge on any atom is 0.300 e. The number of methoxy groups -OCH3 is 1. The van der Waals surface area contributed by atoms with Crippen molar-refractivity contribution >= 4 is 40.3 Å². The van der Waals surface area contributed by atoms with E-state index in [1.165, 1.54) is 25.3 Å². The lowest BCUT2D eigenvalue weighted by atomic mass is 9.86. The van der Waals surface area contributed by atoms with E-state index in [1.807, 2.05) is 24.3 Å². The van der Waals surface area contributed by atoms with Crippen molar-refractivity contribution in [3.8, 4) is 5.75 Å². The molecule has 44 heavy (non-hydrogen) atoms. The SMILES string of the molecule is COc1ccc(CNc2nc(NCCCCCCNc3ccc([N+](=O)[O-])c4nonc34)nc(NC3CCCCC3C)n2)cc1. The maximum absolute atomic E-state index is 11.2. The summed E-state index contributed by atoms with van der Waals surface area (Å²) in [6, 6.07) is 11.3. The molecule has 2 heterocycles. The molecule has 0 saturated heterocycles. The van der Waals surface area contributed by atoms with Crippen LogP contribution >= 0.6 is 0 Å². The molecule has 14 nitrogen and oxygen atoms in total. The van der Waals surface area contributed by atoms with Crippen LogP contribution in [0.2, 0.25) is 0 Å². The average molecular weight is 605 g/mol. The highest BCUT2D eigenvalue weighted by Crippen LogP contribution is 2.29. The van der Waals surface area contributed by atoms with Gasteiger partial charge in [0, 0.05) is 31.7 Å². The van der Waals surface area contributed by atoms with Crippen LogP contribution in [0.1, 0.15) is 63.9 Å². The predicted molar refractivity (Wildman–Crippen MR) is 169 cm³/mol. The van der Waals surface area contributed by atoms with Crippen LogP contribution in [-0.4, -0.2) is 56.4 Å². The summed E-state index contributed by atoms with van der Waals surface area (Å²) < 4.78 is 9.98. The first kappa shape index (κ1) is 30.7. The van der Waals surface area contributed by atoms with E-state index in [0.717, 1.165) is 50.0 Å². The van der Waals surface area contributed by atoms with E-state index < -0.39 is 4.92 Å². The zero-order valence-corrected chi connectivity index (χ0v) is 25.2. The third-order valence-electron chi connectivity index (χ3n) is 7.96. The topological polar surface area (TPSA) is 178 Å². The molecule has 0 amide bonds. The van der Waals surface area contributed by atoms with E-state index in [2.05, 4.69) is 53.5 Å². The first-order valence-electron chi connectivity index (χ1n) is 15.3. The second-order valence-corrected chi connectivity index (χ2v) is 11.1. The summed E-state index contributed by atoms with van der Waals surface area (Å²) in [6.07, 6.45) is 8.74. The number of benzene rings is 2. The zero-order valence-electron chi connectivity index (χ0n) is 25.2. The fourth-order valence-corrected chi connectivity index (χ4v) is 5.39. The number of nitro groups is 1. The molecule has 2 aromatic heterocycles. The van der Waals surface area contributed by atoms with Crippen LogP contribution in [0.15, 0.2) is 41.0 Å². The number of aromatic nitrogens is 5. The zero-order chi connectivity index (χ0) is 30.7. The van der Waals surface area contributed by atoms with Crippen LogP contribution in [0.5, 0.6) is 5.75 Å². The standard InChI is InChI=1S/C30H40N10O4/c1-20-9-5-6-10-23(20)34-30-36-28(35-29(37-30)33-19-21-11-13-22(43-2)14-12-21)32-18-8-4-3-7-17-31-24-15-16-25(40(41)42)27-26(24)38-44-39-27/h11-16,20,23,31H,3-10,17-19H2,1-2H3,(H3,32,33,34,35,36,37). The minimum atomic E-state index is -0.490. The van der Waals surface area contributed by atoms with Crippen LogP contribution in [0, 0.1) is 16.0 Å². The van der Waals surface area contributed by atoms with Gasteiger partial charge in [0.15, 0.2) is 5.52 Å². The molecule has 2 aromatic carbocycles. The molecule has 2 atom stereocenters. The normalized spacial score (nSPS) is 16.4. The van der Waals surface area contributed by atoms with E-state index >= 15 is 0 Å². The molecule has 0 radical (unpaired) electrons. The summed E-state index contributed by atoms with van der Waals surface area (Å²) in [5.41, 5.74) is 2.16. The number of fused-ring (bicyclic) bond motifs is 1. The van der Waals surface area contributed by atoms with Gasteiger partial charge in [0.2, 0.25) is 23.4 Å². The highest BCUT2D eigenvalue weighted by atomic mass is 16.6. The average Bonchev–Trinajstić information content (AvgIpc) is 3.53. The molecule has 1 fully saturated rings. The quantitative estimate of drug-likeness (QED) is 0.0664. The van der Waals surface area contributed by atoms with Gasteiger partial charge in [0.05, 0.1) is 17.7 Å². The Morgan fingerprint density at radius 3 is 2.27 bits per heavy atom. The van der Waals surface area contributed by atoms with Crippen LogP contribution in [-0.2, 0) is 6.54 Å². The molecule has 1 aliphatic rings. The van der Waals surface area contributed by atoms with Crippen molar-refractivity contribution in [2.75, 3.05) is 41.5 Å². The number of nitrogens with one attached hydrogen (secondary N) is 4. The molecular formula is C30H40N10O4. The number of hydrogen-bond acceptors (Lipinski definition) is 13. The summed E-state index contributed by atoms with van der Waals surface area (Å²) in [5.74, 6) is 3.06. The molecule has 0 bridgehead atoms. The Bertz CT molecular complexity index is 1510. The van der Waals surface area contributed by atoms with Crippen molar-refractivity contribution in [1.82, 2.24) is 25.3 Å². The molecule has 0 spiro atoms. The molecule has 1 saturated carbocycles. The largest absolute Gasteiger partial charge is 0.497 e. The van der Waals surface area contributed by atoms with Gasteiger partial charge in [-0.1, -0.05) is 44.7 Å². The summed E-state index contributed by atoms with van der Waals surface area (Å²) >= 11 is 0. The molecule has 0 aliphatic heterocycles. The van der Waals surface area contributed by atoms with E-state index in [1.54, 1.807) is 13.2 Å². The van der Waals surface area contributed by atoms with Crippen LogP contribution in [0.4, 0.5) is 29.2 Å². The molecule has 5 rings (SSSR count). The van der Waals surface area contributed by atoms with Crippen molar-refractivity contribution in [2.45, 2.75) is 70.9 Å². The number of hydrogen-bond donors (Lipinski definition) is 4. The van der Waals surface area contributed by atoms with Gasteiger partial charge in [0.25, 0.3) is 0 Å². The lowest BCUT2D eigenvalue weighted by Gasteiger charge is -2.29. The third-order valence-corrected chi connectivity index (χ3v) is 7.96. The summed E-state index contributed by atoms with van der Waals surface area (Å²) in [4.78, 5) is 24.7. The number of nitrogens with zero attached hydrogens (tertiary/aromatic N) is 6. The smallest absolute Gasteiger partial charge is 0.300 e. The minimum absolute atomic E-state index is 0.121. The summed E-state index contributed by atoms with van der Waals surface area (Å²) in [6.45, 7) is 4.31. The van der Waals surface area contributed by atoms with Crippen LogP contribution in [0.25, 0.3) is 11.0 Å². The van der Waals surface area contributed by atoms with Gasteiger partial charge in [-0.25, -0.2) is 4.63 Å². The lowest BCUT2D eigenvalue weighted by Crippen LogP contribution is -2.31. The van der Waals surface area contributed by atoms with Gasteiger partial charge in [-0.05, 0) is 65.7 Å². The number of rotatable bonds is 16. The molecule has 1 aliphatic carbocycles. The first-order chi connectivity index (χ1) is 21.5. The number of nitro benzene ring substituents is 1. The lowest BCUT2D eigenvalue weighted by molar-refractivity contribution is -0.383. The Balaban J connectivity index is 1.10. The summed E-state index contributed by atoms with van der Waals surface area (Å²) in [5, 5.41) is 32.3. The van der Waals surface area contributed by atoms with Gasteiger partial charge >= 0.3 is 5.69 Å². The number of ether oxygens (including phenoxy) is 1. The Morgan fingerprint density at radius 2 is 1.55 bits per heavy atom. The van der Waals surface area contributed by atoms with Gasteiger partial charge in [-0.15, -0.1) is 0 Å². The van der Waals surface area contributed by atoms with E-state index in [0.29, 0.717) is 54.1 Å². The second kappa shape index (κ2) is 15.1. The molecule has 2 unspecified atom stereocenters. The Morgan fingerprint density at radius 1 is 0.864 bits per heavy atom. The van der Waals surface area contributed by atoms with Gasteiger partial charge in [-0.3, -0.25) is 10.1 Å². The highest BCUT2D eigenvalue weighted by molar-refractivity contribution is 5.93. The van der Waals surface area contributed by atoms with Gasteiger partial charge in [-0.2, -0.15) is 15.0 Å². The predicted octanol–water partition coefficient (Wildman–Crippen LogP) is 6.01. The van der Waals surface area contributed by atoms with Crippen molar-refractivity contribution in [3.63, 3.8) is 0 Å². The molecular weight excluding hydrogens is 564 g/mol. The van der Waals surface area contributed by atoms with Crippen molar-refractivity contribution in [3.05, 3.63) is 52.1 Å². The Hall–Kier alpha value is -4.75. The van der Waals surface area contributed by atoms with Crippen LogP contribution < -0.4 is 26.0 Å². The summed E-state index contributed by atoms with van der Waals surface area (Å²) in [7, 11) is 1.66. The fraction of sp³-hybridized carbons (Fsp3) is 0.500. The monoisotopic (exact) mass is 604 g/mol. The van der Waals surface area contributed by atoms with Crippen molar-refractivity contribution in [1.29, 1.82) is 0 Å². The number of unbranched alkanes of at least 4 members (excludes halogenated alkanes) is 3. The Kier molecular flexibility index (Phi) is 10.5. The molecule has 4 N–H and O–H groups in total. The molecule has 234 valence electrons. The number of anilines is 4. The number of non-ortho nitro benzene ring substituents is 1. The third kappa shape index (κ3) is 8.20. The van der Waals surface area contributed by atoms with E-state index in [-0.39, 0.29) is 11.2 Å². The fourth-order valence-electron chi connectivity index (χ4n) is 5.39. The van der Waals surface area contributed by atoms with E-state index in [9.17, 15) is 10.1 Å². The van der Waals surface area contributed by atoms with Crippen molar-refractivity contribution in [2.24, 2.45) is 5.92 Å².